The number of carbonyl (C=O) groups excluding carboxylic acids is 3. The Labute approximate surface area is 184 Å². The van der Waals surface area contributed by atoms with Gasteiger partial charge in [0.25, 0.3) is 11.8 Å². The van der Waals surface area contributed by atoms with E-state index >= 15 is 0 Å². The first kappa shape index (κ1) is 19.5. The maximum absolute atomic E-state index is 13.0. The Balaban J connectivity index is 1.28. The van der Waals surface area contributed by atoms with Crippen molar-refractivity contribution in [1.29, 1.82) is 0 Å². The molecule has 2 aromatic rings. The maximum Gasteiger partial charge on any atom is 0.263 e. The summed E-state index contributed by atoms with van der Waals surface area (Å²) < 4.78 is 11.8. The van der Waals surface area contributed by atoms with Crippen LogP contribution in [0, 0.1) is 0 Å². The van der Waals surface area contributed by atoms with Crippen molar-refractivity contribution in [2.45, 2.75) is 12.1 Å². The number of amides is 3. The molecule has 31 heavy (non-hydrogen) atoms. The van der Waals surface area contributed by atoms with Gasteiger partial charge in [0.05, 0.1) is 5.69 Å². The van der Waals surface area contributed by atoms with Crippen LogP contribution in [0.5, 0.6) is 11.5 Å². The average Bonchev–Trinajstić information content (AvgIpc) is 3.28. The molecule has 5 rings (SSSR count). The Kier molecular flexibility index (Phi) is 4.81. The molecule has 2 aromatic carbocycles. The molecule has 1 N–H and O–H groups in total. The van der Waals surface area contributed by atoms with Gasteiger partial charge < -0.3 is 14.8 Å². The first-order valence-corrected chi connectivity index (χ1v) is 10.3. The molecule has 158 valence electrons. The van der Waals surface area contributed by atoms with Crippen LogP contribution in [-0.4, -0.2) is 54.6 Å². The summed E-state index contributed by atoms with van der Waals surface area (Å²) in [6.45, 7) is 0.685. The lowest BCUT2D eigenvalue weighted by Gasteiger charge is -2.21. The number of ether oxygens (including phenoxy) is 2. The predicted octanol–water partition coefficient (Wildman–Crippen LogP) is 2.15. The lowest BCUT2D eigenvalue weighted by molar-refractivity contribution is -0.123. The van der Waals surface area contributed by atoms with Crippen molar-refractivity contribution in [2.75, 3.05) is 30.0 Å². The monoisotopic (exact) mass is 485 g/mol. The number of rotatable bonds is 4. The minimum absolute atomic E-state index is 0.230. The highest BCUT2D eigenvalue weighted by Gasteiger charge is 2.55. The van der Waals surface area contributed by atoms with Crippen molar-refractivity contribution in [3.8, 4) is 11.5 Å². The fourth-order valence-corrected chi connectivity index (χ4v) is 3.93. The highest BCUT2D eigenvalue weighted by atomic mass is 79.9. The summed E-state index contributed by atoms with van der Waals surface area (Å²) in [5.74, 6) is -0.168. The summed E-state index contributed by atoms with van der Waals surface area (Å²) in [5.41, 5.74) is 0.968. The summed E-state index contributed by atoms with van der Waals surface area (Å²) >= 11 is 3.33. The molecule has 0 aromatic heterocycles. The van der Waals surface area contributed by atoms with Gasteiger partial charge in [-0.15, -0.1) is 0 Å². The van der Waals surface area contributed by atoms with Crippen LogP contribution >= 0.6 is 15.9 Å². The van der Waals surface area contributed by atoms with E-state index in [9.17, 15) is 14.4 Å². The second kappa shape index (κ2) is 7.65. The van der Waals surface area contributed by atoms with Gasteiger partial charge >= 0.3 is 0 Å². The molecule has 3 aliphatic rings. The molecule has 1 saturated heterocycles. The largest absolute Gasteiger partial charge is 0.486 e. The first-order chi connectivity index (χ1) is 15.0. The number of nitrogens with zero attached hydrogens (tertiary/aromatic N) is 4. The van der Waals surface area contributed by atoms with Crippen molar-refractivity contribution in [3.05, 3.63) is 46.9 Å². The van der Waals surface area contributed by atoms with Crippen molar-refractivity contribution in [1.82, 2.24) is 5.01 Å². The molecule has 0 saturated carbocycles. The Morgan fingerprint density at radius 3 is 2.58 bits per heavy atom. The molecule has 0 radical (unpaired) electrons. The molecule has 3 heterocycles. The van der Waals surface area contributed by atoms with Crippen LogP contribution in [0.4, 0.5) is 11.4 Å². The van der Waals surface area contributed by atoms with E-state index in [0.29, 0.717) is 36.1 Å². The summed E-state index contributed by atoms with van der Waals surface area (Å²) in [6.07, 6.45) is 0. The fourth-order valence-electron chi connectivity index (χ4n) is 3.67. The van der Waals surface area contributed by atoms with Gasteiger partial charge in [0, 0.05) is 16.2 Å². The normalized spacial score (nSPS) is 21.5. The number of halogens is 1. The molecule has 0 spiro atoms. The van der Waals surface area contributed by atoms with Crippen molar-refractivity contribution >= 4 is 45.0 Å². The second-order valence-electron chi connectivity index (χ2n) is 7.09. The molecule has 11 heteroatoms. The van der Waals surface area contributed by atoms with E-state index in [-0.39, 0.29) is 6.54 Å². The summed E-state index contributed by atoms with van der Waals surface area (Å²) in [6, 6.07) is 9.98. The highest BCUT2D eigenvalue weighted by molar-refractivity contribution is 9.10. The molecule has 10 nitrogen and oxygen atoms in total. The summed E-state index contributed by atoms with van der Waals surface area (Å²) in [5, 5.41) is 11.8. The number of nitrogens with one attached hydrogen (secondary N) is 1. The van der Waals surface area contributed by atoms with E-state index in [4.69, 9.17) is 9.47 Å². The van der Waals surface area contributed by atoms with E-state index in [1.54, 1.807) is 42.5 Å². The van der Waals surface area contributed by atoms with Crippen molar-refractivity contribution in [2.24, 2.45) is 10.3 Å². The second-order valence-corrected chi connectivity index (χ2v) is 8.00. The molecule has 0 aliphatic carbocycles. The lowest BCUT2D eigenvalue weighted by atomic mass is 10.1. The minimum Gasteiger partial charge on any atom is -0.486 e. The van der Waals surface area contributed by atoms with Gasteiger partial charge in [0.1, 0.15) is 19.8 Å². The molecule has 0 bridgehead atoms. The molecule has 3 amide bonds. The molecule has 1 fully saturated rings. The lowest BCUT2D eigenvalue weighted by Crippen LogP contribution is -2.43. The van der Waals surface area contributed by atoms with Gasteiger partial charge in [-0.05, 0) is 36.4 Å². The number of fused-ring (bicyclic) bond motifs is 2. The number of hydrogen-bond donors (Lipinski definition) is 1. The third kappa shape index (κ3) is 3.50. The van der Waals surface area contributed by atoms with Gasteiger partial charge in [0.15, 0.2) is 23.6 Å². The van der Waals surface area contributed by atoms with Gasteiger partial charge in [0.2, 0.25) is 5.91 Å². The van der Waals surface area contributed by atoms with E-state index in [1.807, 2.05) is 0 Å². The Hall–Kier alpha value is -3.47. The quantitative estimate of drug-likeness (QED) is 0.663. The SMILES string of the molecule is O=C(CN1N=N[C@H]2C(=O)N(c3ccc(Br)cc3)C(=O)[C@H]21)Nc1ccc2c(c1)OCCO2. The van der Waals surface area contributed by atoms with Gasteiger partial charge in [-0.3, -0.25) is 19.4 Å². The third-order valence-electron chi connectivity index (χ3n) is 5.07. The smallest absolute Gasteiger partial charge is 0.263 e. The Bertz CT molecular complexity index is 1110. The standard InChI is InChI=1S/C20H16BrN5O5/c21-11-1-4-13(5-2-11)26-19(28)17-18(20(26)29)25(24-23-17)10-16(27)22-12-3-6-14-15(9-12)31-8-7-30-14/h1-6,9,17-18H,7-8,10H2,(H,22,27)/t17-,18+/m1/s1. The van der Waals surface area contributed by atoms with Gasteiger partial charge in [-0.25, -0.2) is 4.90 Å². The predicted molar refractivity (Wildman–Crippen MR) is 112 cm³/mol. The van der Waals surface area contributed by atoms with Crippen molar-refractivity contribution in [3.63, 3.8) is 0 Å². The topological polar surface area (TPSA) is 113 Å². The number of carbonyl (C=O) groups is 3. The van der Waals surface area contributed by atoms with Crippen LogP contribution < -0.4 is 19.7 Å². The fraction of sp³-hybridized carbons (Fsp3) is 0.250. The summed E-state index contributed by atoms with van der Waals surface area (Å²) in [4.78, 5) is 39.3. The zero-order chi connectivity index (χ0) is 21.5. The maximum atomic E-state index is 13.0. The number of anilines is 2. The van der Waals surface area contributed by atoms with Crippen LogP contribution in [0.2, 0.25) is 0 Å². The Morgan fingerprint density at radius 1 is 1.06 bits per heavy atom. The van der Waals surface area contributed by atoms with Gasteiger partial charge in [-0.2, -0.15) is 5.11 Å². The molecule has 2 atom stereocenters. The summed E-state index contributed by atoms with van der Waals surface area (Å²) in [7, 11) is 0. The highest BCUT2D eigenvalue weighted by Crippen LogP contribution is 2.34. The molecular formula is C20H16BrN5O5. The Morgan fingerprint density at radius 2 is 1.81 bits per heavy atom. The van der Waals surface area contributed by atoms with Crippen LogP contribution in [0.25, 0.3) is 0 Å². The first-order valence-electron chi connectivity index (χ1n) is 9.51. The van der Waals surface area contributed by atoms with Crippen LogP contribution in [0.1, 0.15) is 0 Å². The zero-order valence-corrected chi connectivity index (χ0v) is 17.6. The molecule has 3 aliphatic heterocycles. The molecular weight excluding hydrogens is 470 g/mol. The van der Waals surface area contributed by atoms with Crippen LogP contribution in [0.15, 0.2) is 57.3 Å². The van der Waals surface area contributed by atoms with Crippen LogP contribution in [0.3, 0.4) is 0 Å². The zero-order valence-electron chi connectivity index (χ0n) is 16.0. The van der Waals surface area contributed by atoms with E-state index in [1.165, 1.54) is 5.01 Å². The van der Waals surface area contributed by atoms with E-state index in [2.05, 4.69) is 31.6 Å². The average molecular weight is 486 g/mol. The third-order valence-corrected chi connectivity index (χ3v) is 5.60. The van der Waals surface area contributed by atoms with Crippen LogP contribution in [-0.2, 0) is 14.4 Å². The van der Waals surface area contributed by atoms with Gasteiger partial charge in [-0.1, -0.05) is 21.2 Å². The number of hydrogen-bond acceptors (Lipinski definition) is 8. The van der Waals surface area contributed by atoms with E-state index < -0.39 is 29.8 Å². The number of imide groups is 1. The van der Waals surface area contributed by atoms with E-state index in [0.717, 1.165) is 9.37 Å². The van der Waals surface area contributed by atoms with Crippen molar-refractivity contribution < 1.29 is 23.9 Å². The minimum atomic E-state index is -0.960. The number of benzene rings is 2. The molecule has 0 unspecified atom stereocenters.